The molecule has 0 saturated heterocycles. The van der Waals surface area contributed by atoms with Crippen LogP contribution in [0.1, 0.15) is 18.9 Å². The molecule has 1 aromatic rings. The smallest absolute Gasteiger partial charge is 0.221 e. The van der Waals surface area contributed by atoms with Crippen molar-refractivity contribution in [3.63, 3.8) is 0 Å². The molecule has 1 amide bonds. The molecule has 3 nitrogen and oxygen atoms in total. The monoisotopic (exact) mass is 242 g/mol. The second-order valence-corrected chi connectivity index (χ2v) is 3.91. The summed E-state index contributed by atoms with van der Waals surface area (Å²) in [5.41, 5.74) is 5.22. The van der Waals surface area contributed by atoms with Crippen molar-refractivity contribution in [2.45, 2.75) is 25.8 Å². The molecule has 0 fully saturated rings. The number of carbonyl (C=O) groups is 1. The Labute approximate surface area is 99.0 Å². The van der Waals surface area contributed by atoms with Crippen molar-refractivity contribution in [3.8, 4) is 0 Å². The van der Waals surface area contributed by atoms with Gasteiger partial charge in [0.05, 0.1) is 0 Å². The molecule has 5 heteroatoms. The first-order chi connectivity index (χ1) is 8.04. The number of rotatable bonds is 5. The molecule has 1 rings (SSSR count). The number of hydrogen-bond donors (Lipinski definition) is 2. The largest absolute Gasteiger partial charge is 0.353 e. The molecule has 1 aromatic carbocycles. The Morgan fingerprint density at radius 1 is 1.41 bits per heavy atom. The van der Waals surface area contributed by atoms with Crippen LogP contribution in [0.5, 0.6) is 0 Å². The lowest BCUT2D eigenvalue weighted by Crippen LogP contribution is -2.35. The minimum Gasteiger partial charge on any atom is -0.353 e. The van der Waals surface area contributed by atoms with Gasteiger partial charge in [0.2, 0.25) is 5.91 Å². The maximum absolute atomic E-state index is 13.3. The average molecular weight is 242 g/mol. The van der Waals surface area contributed by atoms with Gasteiger partial charge in [0.25, 0.3) is 0 Å². The summed E-state index contributed by atoms with van der Waals surface area (Å²) >= 11 is 0. The van der Waals surface area contributed by atoms with Gasteiger partial charge in [-0.25, -0.2) is 8.78 Å². The van der Waals surface area contributed by atoms with Crippen LogP contribution in [-0.2, 0) is 11.2 Å². The van der Waals surface area contributed by atoms with Crippen LogP contribution in [0.3, 0.4) is 0 Å². The summed E-state index contributed by atoms with van der Waals surface area (Å²) < 4.78 is 26.6. The SMILES string of the molecule is CC(Cc1c(F)cccc1F)NC(=O)CCN. The molecule has 1 atom stereocenters. The zero-order valence-electron chi connectivity index (χ0n) is 9.67. The topological polar surface area (TPSA) is 55.1 Å². The summed E-state index contributed by atoms with van der Waals surface area (Å²) in [6, 6.07) is 3.38. The number of nitrogens with one attached hydrogen (secondary N) is 1. The fourth-order valence-corrected chi connectivity index (χ4v) is 1.56. The first-order valence-electron chi connectivity index (χ1n) is 5.47. The third kappa shape index (κ3) is 4.11. The van der Waals surface area contributed by atoms with Crippen molar-refractivity contribution in [1.82, 2.24) is 5.32 Å². The number of halogens is 2. The van der Waals surface area contributed by atoms with Gasteiger partial charge in [0.15, 0.2) is 0 Å². The summed E-state index contributed by atoms with van der Waals surface area (Å²) in [4.78, 5) is 11.2. The summed E-state index contributed by atoms with van der Waals surface area (Å²) in [5, 5.41) is 2.63. The molecule has 17 heavy (non-hydrogen) atoms. The van der Waals surface area contributed by atoms with E-state index in [0.717, 1.165) is 0 Å². The van der Waals surface area contributed by atoms with E-state index in [0.29, 0.717) is 0 Å². The van der Waals surface area contributed by atoms with E-state index in [-0.39, 0.29) is 36.9 Å². The molecule has 0 bridgehead atoms. The van der Waals surface area contributed by atoms with E-state index in [4.69, 9.17) is 5.73 Å². The molecule has 0 spiro atoms. The van der Waals surface area contributed by atoms with Gasteiger partial charge < -0.3 is 11.1 Å². The number of carbonyl (C=O) groups excluding carboxylic acids is 1. The van der Waals surface area contributed by atoms with Crippen molar-refractivity contribution >= 4 is 5.91 Å². The Morgan fingerprint density at radius 3 is 2.53 bits per heavy atom. The fraction of sp³-hybridized carbons (Fsp3) is 0.417. The van der Waals surface area contributed by atoms with E-state index < -0.39 is 11.6 Å². The van der Waals surface area contributed by atoms with Crippen LogP contribution in [0.25, 0.3) is 0 Å². The van der Waals surface area contributed by atoms with E-state index in [9.17, 15) is 13.6 Å². The second kappa shape index (κ2) is 6.30. The zero-order chi connectivity index (χ0) is 12.8. The van der Waals surface area contributed by atoms with E-state index in [2.05, 4.69) is 5.32 Å². The molecule has 0 saturated carbocycles. The summed E-state index contributed by atoms with van der Waals surface area (Å²) in [6.07, 6.45) is 0.332. The summed E-state index contributed by atoms with van der Waals surface area (Å²) in [6.45, 7) is 1.95. The van der Waals surface area contributed by atoms with Crippen molar-refractivity contribution in [2.75, 3.05) is 6.54 Å². The average Bonchev–Trinajstić information content (AvgIpc) is 2.24. The van der Waals surface area contributed by atoms with Gasteiger partial charge in [0.1, 0.15) is 11.6 Å². The third-order valence-corrected chi connectivity index (χ3v) is 2.35. The molecule has 0 aliphatic carbocycles. The van der Waals surface area contributed by atoms with Crippen LogP contribution in [0.15, 0.2) is 18.2 Å². The van der Waals surface area contributed by atoms with Crippen molar-refractivity contribution in [3.05, 3.63) is 35.4 Å². The minimum absolute atomic E-state index is 0.00644. The van der Waals surface area contributed by atoms with Gasteiger partial charge in [-0.15, -0.1) is 0 Å². The molecular formula is C12H16F2N2O. The molecule has 0 radical (unpaired) electrons. The molecule has 0 aromatic heterocycles. The molecule has 0 heterocycles. The van der Waals surface area contributed by atoms with Gasteiger partial charge in [-0.2, -0.15) is 0 Å². The van der Waals surface area contributed by atoms with Crippen molar-refractivity contribution in [1.29, 1.82) is 0 Å². The zero-order valence-corrected chi connectivity index (χ0v) is 9.67. The third-order valence-electron chi connectivity index (χ3n) is 2.35. The van der Waals surface area contributed by atoms with Crippen LogP contribution >= 0.6 is 0 Å². The quantitative estimate of drug-likeness (QED) is 0.819. The van der Waals surface area contributed by atoms with Crippen LogP contribution in [0, 0.1) is 11.6 Å². The standard InChI is InChI=1S/C12H16F2N2O/c1-8(16-12(17)5-6-15)7-9-10(13)3-2-4-11(9)14/h2-4,8H,5-7,15H2,1H3,(H,16,17). The van der Waals surface area contributed by atoms with Crippen LogP contribution < -0.4 is 11.1 Å². The normalized spacial score (nSPS) is 12.2. The first kappa shape index (κ1) is 13.6. The fourth-order valence-electron chi connectivity index (χ4n) is 1.56. The molecular weight excluding hydrogens is 226 g/mol. The van der Waals surface area contributed by atoms with Crippen LogP contribution in [0.2, 0.25) is 0 Å². The Morgan fingerprint density at radius 2 is 2.00 bits per heavy atom. The Balaban J connectivity index is 2.62. The molecule has 0 aliphatic heterocycles. The highest BCUT2D eigenvalue weighted by molar-refractivity contribution is 5.76. The van der Waals surface area contributed by atoms with Crippen molar-refractivity contribution < 1.29 is 13.6 Å². The number of hydrogen-bond acceptors (Lipinski definition) is 2. The van der Waals surface area contributed by atoms with Gasteiger partial charge in [-0.1, -0.05) is 6.07 Å². The van der Waals surface area contributed by atoms with E-state index in [1.54, 1.807) is 6.92 Å². The van der Waals surface area contributed by atoms with Gasteiger partial charge in [-0.05, 0) is 25.5 Å². The summed E-state index contributed by atoms with van der Waals surface area (Å²) in [5.74, 6) is -1.40. The molecule has 0 aliphatic rings. The second-order valence-electron chi connectivity index (χ2n) is 3.91. The van der Waals surface area contributed by atoms with Crippen molar-refractivity contribution in [2.24, 2.45) is 5.73 Å². The van der Waals surface area contributed by atoms with E-state index in [1.165, 1.54) is 18.2 Å². The Bertz CT molecular complexity index is 376. The van der Waals surface area contributed by atoms with Gasteiger partial charge >= 0.3 is 0 Å². The highest BCUT2D eigenvalue weighted by Gasteiger charge is 2.13. The number of benzene rings is 1. The van der Waals surface area contributed by atoms with Gasteiger partial charge in [-0.3, -0.25) is 4.79 Å². The molecule has 94 valence electrons. The predicted octanol–water partition coefficient (Wildman–Crippen LogP) is 1.36. The predicted molar refractivity (Wildman–Crippen MR) is 61.3 cm³/mol. The maximum Gasteiger partial charge on any atom is 0.221 e. The number of nitrogens with two attached hydrogens (primary N) is 1. The van der Waals surface area contributed by atoms with Crippen LogP contribution in [0.4, 0.5) is 8.78 Å². The molecule has 3 N–H and O–H groups in total. The van der Waals surface area contributed by atoms with Crippen LogP contribution in [-0.4, -0.2) is 18.5 Å². The Kier molecular flexibility index (Phi) is 5.03. The lowest BCUT2D eigenvalue weighted by molar-refractivity contribution is -0.121. The van der Waals surface area contributed by atoms with Gasteiger partial charge in [0, 0.05) is 24.6 Å². The lowest BCUT2D eigenvalue weighted by Gasteiger charge is -2.14. The summed E-state index contributed by atoms with van der Waals surface area (Å²) in [7, 11) is 0. The highest BCUT2D eigenvalue weighted by Crippen LogP contribution is 2.14. The van der Waals surface area contributed by atoms with E-state index >= 15 is 0 Å². The lowest BCUT2D eigenvalue weighted by atomic mass is 10.1. The molecule has 1 unspecified atom stereocenters. The highest BCUT2D eigenvalue weighted by atomic mass is 19.1. The minimum atomic E-state index is -0.593. The maximum atomic E-state index is 13.3. The Hall–Kier alpha value is -1.49. The van der Waals surface area contributed by atoms with E-state index in [1.807, 2.05) is 0 Å². The number of amides is 1. The first-order valence-corrected chi connectivity index (χ1v) is 5.47.